The fourth-order valence-electron chi connectivity index (χ4n) is 2.07. The summed E-state index contributed by atoms with van der Waals surface area (Å²) in [5.74, 6) is 0.236. The lowest BCUT2D eigenvalue weighted by atomic mass is 9.93. The van der Waals surface area contributed by atoms with Gasteiger partial charge in [-0.15, -0.1) is 11.6 Å². The highest BCUT2D eigenvalue weighted by atomic mass is 35.5. The predicted octanol–water partition coefficient (Wildman–Crippen LogP) is 5.35. The molecule has 2 rings (SSSR count). The van der Waals surface area contributed by atoms with E-state index >= 15 is 0 Å². The number of hydrogen-bond donors (Lipinski definition) is 0. The van der Waals surface area contributed by atoms with Gasteiger partial charge < -0.3 is 0 Å². The number of alkyl halides is 1. The van der Waals surface area contributed by atoms with E-state index in [1.807, 2.05) is 31.2 Å². The number of rotatable bonds is 4. The van der Waals surface area contributed by atoms with Crippen LogP contribution in [0.2, 0.25) is 5.02 Å². The maximum absolute atomic E-state index is 13.8. The van der Waals surface area contributed by atoms with Crippen LogP contribution in [-0.4, -0.2) is 5.88 Å². The van der Waals surface area contributed by atoms with E-state index < -0.39 is 0 Å². The summed E-state index contributed by atoms with van der Waals surface area (Å²) in [7, 11) is 0. The molecule has 19 heavy (non-hydrogen) atoms. The molecule has 1 unspecified atom stereocenters. The average molecular weight is 297 g/mol. The quantitative estimate of drug-likeness (QED) is 0.667. The van der Waals surface area contributed by atoms with Crippen LogP contribution in [-0.2, 0) is 6.42 Å². The summed E-state index contributed by atoms with van der Waals surface area (Å²) >= 11 is 12.1. The molecule has 0 aliphatic carbocycles. The van der Waals surface area contributed by atoms with E-state index in [0.29, 0.717) is 22.9 Å². The molecule has 0 radical (unpaired) electrons. The van der Waals surface area contributed by atoms with E-state index in [2.05, 4.69) is 0 Å². The van der Waals surface area contributed by atoms with Gasteiger partial charge in [-0.05, 0) is 31.0 Å². The van der Waals surface area contributed by atoms with Crippen LogP contribution in [0.4, 0.5) is 4.39 Å². The topological polar surface area (TPSA) is 0 Å². The Labute approximate surface area is 123 Å². The smallest absolute Gasteiger partial charge is 0.127 e. The molecule has 1 atom stereocenters. The monoisotopic (exact) mass is 296 g/mol. The van der Waals surface area contributed by atoms with E-state index in [9.17, 15) is 4.39 Å². The summed E-state index contributed by atoms with van der Waals surface area (Å²) in [4.78, 5) is 0. The summed E-state index contributed by atoms with van der Waals surface area (Å²) in [6.45, 7) is 2.03. The maximum atomic E-state index is 13.8. The van der Waals surface area contributed by atoms with Gasteiger partial charge in [0.05, 0.1) is 0 Å². The Morgan fingerprint density at radius 2 is 1.79 bits per heavy atom. The van der Waals surface area contributed by atoms with E-state index in [0.717, 1.165) is 5.56 Å². The number of hydrogen-bond acceptors (Lipinski definition) is 0. The molecule has 0 aromatic heterocycles. The van der Waals surface area contributed by atoms with Crippen LogP contribution in [0, 0.1) is 12.7 Å². The molecular formula is C16H15Cl2F. The average Bonchev–Trinajstić information content (AvgIpc) is 2.40. The number of aryl methyl sites for hydroxylation is 1. The highest BCUT2D eigenvalue weighted by molar-refractivity contribution is 6.31. The molecule has 0 aliphatic rings. The van der Waals surface area contributed by atoms with Gasteiger partial charge in [0, 0.05) is 22.4 Å². The summed E-state index contributed by atoms with van der Waals surface area (Å²) < 4.78 is 13.8. The van der Waals surface area contributed by atoms with Gasteiger partial charge in [-0.3, -0.25) is 0 Å². The third-order valence-electron chi connectivity index (χ3n) is 3.25. The molecule has 0 bridgehead atoms. The minimum Gasteiger partial charge on any atom is -0.207 e. The van der Waals surface area contributed by atoms with Crippen LogP contribution in [0.25, 0.3) is 0 Å². The SMILES string of the molecule is Cc1ccc(C(CCl)Cc2c(F)cccc2Cl)cc1. The fraction of sp³-hybridized carbons (Fsp3) is 0.250. The van der Waals surface area contributed by atoms with E-state index in [-0.39, 0.29) is 11.7 Å². The van der Waals surface area contributed by atoms with Crippen molar-refractivity contribution >= 4 is 23.2 Å². The highest BCUT2D eigenvalue weighted by Crippen LogP contribution is 2.28. The molecule has 100 valence electrons. The standard InChI is InChI=1S/C16H15Cl2F/c1-11-5-7-12(8-6-11)13(10-17)9-14-15(18)3-2-4-16(14)19/h2-8,13H,9-10H2,1H3. The molecule has 0 amide bonds. The Hall–Kier alpha value is -1.05. The van der Waals surface area contributed by atoms with Crippen molar-refractivity contribution in [2.75, 3.05) is 5.88 Å². The van der Waals surface area contributed by atoms with Gasteiger partial charge in [-0.25, -0.2) is 4.39 Å². The van der Waals surface area contributed by atoms with Gasteiger partial charge >= 0.3 is 0 Å². The first kappa shape index (κ1) is 14.4. The first-order valence-electron chi connectivity index (χ1n) is 6.17. The molecule has 0 aliphatic heterocycles. The van der Waals surface area contributed by atoms with Gasteiger partial charge in [-0.1, -0.05) is 47.5 Å². The normalized spacial score (nSPS) is 12.4. The first-order chi connectivity index (χ1) is 9.11. The molecule has 0 heterocycles. The Bertz CT molecular complexity index is 529. The van der Waals surface area contributed by atoms with E-state index in [1.165, 1.54) is 11.6 Å². The largest absolute Gasteiger partial charge is 0.207 e. The van der Waals surface area contributed by atoms with Crippen LogP contribution in [0.1, 0.15) is 22.6 Å². The van der Waals surface area contributed by atoms with Crippen molar-refractivity contribution < 1.29 is 4.39 Å². The second kappa shape index (κ2) is 6.40. The molecule has 0 fully saturated rings. The van der Waals surface area contributed by atoms with Gasteiger partial charge in [0.15, 0.2) is 0 Å². The molecule has 0 spiro atoms. The lowest BCUT2D eigenvalue weighted by molar-refractivity contribution is 0.598. The van der Waals surface area contributed by atoms with E-state index in [4.69, 9.17) is 23.2 Å². The first-order valence-corrected chi connectivity index (χ1v) is 7.08. The molecule has 0 nitrogen and oxygen atoms in total. The minimum atomic E-state index is -0.269. The van der Waals surface area contributed by atoms with Crippen LogP contribution in [0.3, 0.4) is 0 Å². The van der Waals surface area contributed by atoms with Crippen molar-refractivity contribution in [3.05, 3.63) is 70.0 Å². The maximum Gasteiger partial charge on any atom is 0.127 e. The van der Waals surface area contributed by atoms with Crippen LogP contribution in [0.5, 0.6) is 0 Å². The van der Waals surface area contributed by atoms with Crippen LogP contribution < -0.4 is 0 Å². The highest BCUT2D eigenvalue weighted by Gasteiger charge is 2.16. The molecular weight excluding hydrogens is 282 g/mol. The zero-order valence-corrected chi connectivity index (χ0v) is 12.2. The predicted molar refractivity (Wildman–Crippen MR) is 79.8 cm³/mol. The zero-order chi connectivity index (χ0) is 13.8. The summed E-state index contributed by atoms with van der Waals surface area (Å²) in [6.07, 6.45) is 0.512. The fourth-order valence-corrected chi connectivity index (χ4v) is 2.60. The van der Waals surface area contributed by atoms with Crippen molar-refractivity contribution in [2.45, 2.75) is 19.3 Å². The Kier molecular flexibility index (Phi) is 4.84. The molecule has 0 saturated heterocycles. The lowest BCUT2D eigenvalue weighted by Crippen LogP contribution is -2.07. The molecule has 2 aromatic rings. The Morgan fingerprint density at radius 1 is 1.11 bits per heavy atom. The van der Waals surface area contributed by atoms with Crippen molar-refractivity contribution in [1.82, 2.24) is 0 Å². The lowest BCUT2D eigenvalue weighted by Gasteiger charge is -2.16. The Morgan fingerprint density at radius 3 is 2.37 bits per heavy atom. The van der Waals surface area contributed by atoms with Crippen LogP contribution >= 0.6 is 23.2 Å². The molecule has 0 N–H and O–H groups in total. The third-order valence-corrected chi connectivity index (χ3v) is 3.97. The number of benzene rings is 2. The third kappa shape index (κ3) is 3.49. The second-order valence-corrected chi connectivity index (χ2v) is 5.38. The summed E-state index contributed by atoms with van der Waals surface area (Å²) in [6, 6.07) is 12.9. The summed E-state index contributed by atoms with van der Waals surface area (Å²) in [5.41, 5.74) is 2.84. The van der Waals surface area contributed by atoms with E-state index in [1.54, 1.807) is 12.1 Å². The van der Waals surface area contributed by atoms with Crippen molar-refractivity contribution in [1.29, 1.82) is 0 Å². The second-order valence-electron chi connectivity index (χ2n) is 4.67. The van der Waals surface area contributed by atoms with Gasteiger partial charge in [-0.2, -0.15) is 0 Å². The Balaban J connectivity index is 2.26. The summed E-state index contributed by atoms with van der Waals surface area (Å²) in [5, 5.41) is 0.460. The van der Waals surface area contributed by atoms with Crippen molar-refractivity contribution in [2.24, 2.45) is 0 Å². The van der Waals surface area contributed by atoms with Crippen LogP contribution in [0.15, 0.2) is 42.5 Å². The van der Waals surface area contributed by atoms with Gasteiger partial charge in [0.1, 0.15) is 5.82 Å². The molecule has 3 heteroatoms. The molecule has 0 saturated carbocycles. The van der Waals surface area contributed by atoms with Crippen molar-refractivity contribution in [3.8, 4) is 0 Å². The zero-order valence-electron chi connectivity index (χ0n) is 10.7. The van der Waals surface area contributed by atoms with Gasteiger partial charge in [0.25, 0.3) is 0 Å². The molecule has 2 aromatic carbocycles. The van der Waals surface area contributed by atoms with Crippen molar-refractivity contribution in [3.63, 3.8) is 0 Å². The van der Waals surface area contributed by atoms with Gasteiger partial charge in [0.2, 0.25) is 0 Å². The minimum absolute atomic E-state index is 0.0664. The number of halogens is 3.